The normalized spacial score (nSPS) is 27.2. The summed E-state index contributed by atoms with van der Waals surface area (Å²) in [5.74, 6) is -1.83. The number of fused-ring (bicyclic) bond motifs is 1. The van der Waals surface area contributed by atoms with Crippen LogP contribution in [0, 0.1) is 18.8 Å². The Morgan fingerprint density at radius 1 is 1.09 bits per heavy atom. The summed E-state index contributed by atoms with van der Waals surface area (Å²) in [5, 5.41) is 9.77. The topological polar surface area (TPSA) is 81.2 Å². The molecule has 43 heavy (non-hydrogen) atoms. The largest absolute Gasteiger partial charge is 0.396 e. The lowest BCUT2D eigenvalue weighted by molar-refractivity contribution is -0.139. The SMILES string of the molecule is C=CCN(C(=O)[C@H]1[C@@H]2SC3(CC2Br)C(C(=O)N(CC=C)c2c(C)cccc2Cl)N(CCCCO)C(=O)[C@H]13)c1ccccc1. The average Bonchev–Trinajstić information content (AvgIpc) is 3.58. The zero-order valence-electron chi connectivity index (χ0n) is 24.2. The van der Waals surface area contributed by atoms with Gasteiger partial charge in [-0.05, 0) is 49.9 Å². The molecule has 6 atom stereocenters. The number of para-hydroxylation sites is 2. The maximum absolute atomic E-state index is 14.8. The summed E-state index contributed by atoms with van der Waals surface area (Å²) < 4.78 is -0.808. The van der Waals surface area contributed by atoms with Gasteiger partial charge in [-0.2, -0.15) is 0 Å². The zero-order chi connectivity index (χ0) is 30.9. The number of aliphatic hydroxyl groups is 1. The number of likely N-dealkylation sites (tertiary alicyclic amines) is 1. The van der Waals surface area contributed by atoms with Gasteiger partial charge in [0.25, 0.3) is 5.91 Å². The summed E-state index contributed by atoms with van der Waals surface area (Å²) in [7, 11) is 0. The molecule has 0 aromatic heterocycles. The van der Waals surface area contributed by atoms with Crippen molar-refractivity contribution in [3.05, 3.63) is 84.4 Å². The number of aryl methyl sites for hydroxylation is 1. The van der Waals surface area contributed by atoms with Crippen molar-refractivity contribution < 1.29 is 19.5 Å². The average molecular weight is 687 g/mol. The van der Waals surface area contributed by atoms with Gasteiger partial charge < -0.3 is 19.8 Å². The third-order valence-electron chi connectivity index (χ3n) is 8.80. The number of amides is 3. The van der Waals surface area contributed by atoms with Gasteiger partial charge in [0.15, 0.2) is 0 Å². The number of benzene rings is 2. The minimum absolute atomic E-state index is 0.00831. The molecule has 3 fully saturated rings. The standard InChI is InChI=1S/C33H37BrClN3O4S/c1-4-16-36(22-13-7-6-8-14-22)30(40)25-26-31(41)38(18-9-10-19-39)29(33(26)20-23(34)28(25)43-33)32(42)37(17-5-2)27-21(3)12-11-15-24(27)35/h4-8,11-15,23,25-26,28-29,39H,1-2,9-10,16-20H2,3H3/t23?,25-,26+,28-,29?,33?/m1/s1. The Labute approximate surface area is 271 Å². The zero-order valence-corrected chi connectivity index (χ0v) is 27.4. The molecule has 0 radical (unpaired) electrons. The van der Waals surface area contributed by atoms with Crippen LogP contribution in [0.25, 0.3) is 0 Å². The van der Waals surface area contributed by atoms with Gasteiger partial charge in [-0.15, -0.1) is 24.9 Å². The molecule has 3 amide bonds. The number of anilines is 2. The Morgan fingerprint density at radius 2 is 1.79 bits per heavy atom. The lowest BCUT2D eigenvalue weighted by atomic mass is 9.70. The quantitative estimate of drug-likeness (QED) is 0.178. The first-order valence-corrected chi connectivity index (χ1v) is 16.8. The van der Waals surface area contributed by atoms with Crippen molar-refractivity contribution in [1.29, 1.82) is 0 Å². The van der Waals surface area contributed by atoms with Crippen LogP contribution in [-0.2, 0) is 14.4 Å². The summed E-state index contributed by atoms with van der Waals surface area (Å²) in [4.78, 5) is 48.8. The fourth-order valence-corrected chi connectivity index (χ4v) is 11.0. The maximum atomic E-state index is 14.8. The van der Waals surface area contributed by atoms with Gasteiger partial charge in [0, 0.05) is 42.0 Å². The Morgan fingerprint density at radius 3 is 2.44 bits per heavy atom. The van der Waals surface area contributed by atoms with E-state index in [2.05, 4.69) is 29.1 Å². The minimum atomic E-state index is -0.809. The van der Waals surface area contributed by atoms with Crippen LogP contribution >= 0.6 is 39.3 Å². The lowest BCUT2D eigenvalue weighted by Gasteiger charge is -2.39. The van der Waals surface area contributed by atoms with Crippen LogP contribution in [0.3, 0.4) is 0 Å². The third kappa shape index (κ3) is 5.47. The Balaban J connectivity index is 1.60. The molecule has 1 N–H and O–H groups in total. The second kappa shape index (κ2) is 13.2. The lowest BCUT2D eigenvalue weighted by Crippen LogP contribution is -2.56. The molecule has 2 aromatic rings. The van der Waals surface area contributed by atoms with Crippen LogP contribution in [0.2, 0.25) is 5.02 Å². The van der Waals surface area contributed by atoms with Gasteiger partial charge in [-0.1, -0.05) is 70.0 Å². The summed E-state index contributed by atoms with van der Waals surface area (Å²) in [6.45, 7) is 10.5. The number of unbranched alkanes of at least 4 members (excludes halogenated alkanes) is 1. The van der Waals surface area contributed by atoms with E-state index >= 15 is 0 Å². The monoisotopic (exact) mass is 685 g/mol. The van der Waals surface area contributed by atoms with Crippen LogP contribution in [0.1, 0.15) is 24.8 Å². The van der Waals surface area contributed by atoms with Crippen molar-refractivity contribution >= 4 is 68.4 Å². The van der Waals surface area contributed by atoms with E-state index in [1.807, 2.05) is 49.4 Å². The number of carbonyl (C=O) groups is 3. The minimum Gasteiger partial charge on any atom is -0.396 e. The van der Waals surface area contributed by atoms with Crippen LogP contribution in [0.4, 0.5) is 11.4 Å². The highest BCUT2D eigenvalue weighted by atomic mass is 79.9. The van der Waals surface area contributed by atoms with E-state index < -0.39 is 22.6 Å². The predicted molar refractivity (Wildman–Crippen MR) is 178 cm³/mol. The molecule has 3 unspecified atom stereocenters. The van der Waals surface area contributed by atoms with E-state index in [1.165, 1.54) is 0 Å². The van der Waals surface area contributed by atoms with Gasteiger partial charge in [0.1, 0.15) is 6.04 Å². The molecule has 10 heteroatoms. The number of aliphatic hydroxyl groups excluding tert-OH is 1. The number of nitrogens with zero attached hydrogens (tertiary/aromatic N) is 3. The Hall–Kier alpha value is -2.59. The first kappa shape index (κ1) is 31.8. The van der Waals surface area contributed by atoms with Crippen LogP contribution in [0.15, 0.2) is 73.8 Å². The van der Waals surface area contributed by atoms with Crippen molar-refractivity contribution in [3.8, 4) is 0 Å². The maximum Gasteiger partial charge on any atom is 0.251 e. The predicted octanol–water partition coefficient (Wildman–Crippen LogP) is 5.62. The number of hydrogen-bond donors (Lipinski definition) is 1. The van der Waals surface area contributed by atoms with E-state index in [1.54, 1.807) is 44.7 Å². The fraction of sp³-hybridized carbons (Fsp3) is 0.424. The number of alkyl halides is 1. The number of rotatable bonds is 12. The van der Waals surface area contributed by atoms with Gasteiger partial charge in [0.05, 0.1) is 27.3 Å². The van der Waals surface area contributed by atoms with E-state index in [0.29, 0.717) is 43.1 Å². The van der Waals surface area contributed by atoms with Crippen molar-refractivity contribution in [1.82, 2.24) is 4.90 Å². The molecular weight excluding hydrogens is 650 g/mol. The highest BCUT2D eigenvalue weighted by Crippen LogP contribution is 2.68. The number of hydrogen-bond acceptors (Lipinski definition) is 5. The highest BCUT2D eigenvalue weighted by molar-refractivity contribution is 9.09. The molecular formula is C33H37BrClN3O4S. The van der Waals surface area contributed by atoms with Crippen LogP contribution in [-0.4, -0.2) is 74.8 Å². The molecule has 3 aliphatic rings. The van der Waals surface area contributed by atoms with Crippen LogP contribution < -0.4 is 9.80 Å². The molecule has 0 aliphatic carbocycles. The summed E-state index contributed by atoms with van der Waals surface area (Å²) in [5.41, 5.74) is 2.17. The number of halogens is 2. The molecule has 2 aromatic carbocycles. The van der Waals surface area contributed by atoms with Crippen LogP contribution in [0.5, 0.6) is 0 Å². The van der Waals surface area contributed by atoms with Crippen molar-refractivity contribution in [3.63, 3.8) is 0 Å². The molecule has 3 saturated heterocycles. The second-order valence-corrected chi connectivity index (χ2v) is 14.5. The first-order valence-electron chi connectivity index (χ1n) is 14.6. The van der Waals surface area contributed by atoms with Crippen molar-refractivity contribution in [2.24, 2.45) is 11.8 Å². The van der Waals surface area contributed by atoms with E-state index in [0.717, 1.165) is 11.3 Å². The van der Waals surface area contributed by atoms with Crippen molar-refractivity contribution in [2.45, 2.75) is 47.1 Å². The van der Waals surface area contributed by atoms with E-state index in [4.69, 9.17) is 11.6 Å². The summed E-state index contributed by atoms with van der Waals surface area (Å²) in [6, 6.07) is 14.1. The molecule has 2 bridgehead atoms. The first-order chi connectivity index (χ1) is 20.7. The van der Waals surface area contributed by atoms with Gasteiger partial charge >= 0.3 is 0 Å². The molecule has 228 valence electrons. The molecule has 0 saturated carbocycles. The Bertz CT molecular complexity index is 1390. The van der Waals surface area contributed by atoms with E-state index in [9.17, 15) is 19.5 Å². The fourth-order valence-electron chi connectivity index (χ4n) is 7.10. The van der Waals surface area contributed by atoms with Crippen molar-refractivity contribution in [2.75, 3.05) is 36.0 Å². The van der Waals surface area contributed by atoms with Gasteiger partial charge in [-0.3, -0.25) is 14.4 Å². The summed E-state index contributed by atoms with van der Waals surface area (Å²) in [6.07, 6.45) is 4.97. The second-order valence-electron chi connectivity index (χ2n) is 11.3. The third-order valence-corrected chi connectivity index (χ3v) is 12.3. The molecule has 3 aliphatic heterocycles. The van der Waals surface area contributed by atoms with E-state index in [-0.39, 0.29) is 41.0 Å². The number of thioether (sulfide) groups is 1. The summed E-state index contributed by atoms with van der Waals surface area (Å²) >= 11 is 12.1. The molecule has 3 heterocycles. The molecule has 1 spiro atoms. The highest BCUT2D eigenvalue weighted by Gasteiger charge is 2.76. The Kier molecular flexibility index (Phi) is 9.76. The van der Waals surface area contributed by atoms with Gasteiger partial charge in [-0.25, -0.2) is 0 Å². The molecule has 5 rings (SSSR count). The number of carbonyl (C=O) groups excluding carboxylic acids is 3. The van der Waals surface area contributed by atoms with Gasteiger partial charge in [0.2, 0.25) is 11.8 Å². The molecule has 7 nitrogen and oxygen atoms in total. The smallest absolute Gasteiger partial charge is 0.251 e.